The van der Waals surface area contributed by atoms with E-state index in [1.54, 1.807) is 0 Å². The minimum absolute atomic E-state index is 0.122. The van der Waals surface area contributed by atoms with Crippen molar-refractivity contribution >= 4 is 29.0 Å². The maximum absolute atomic E-state index is 11.5. The molecule has 25 heavy (non-hydrogen) atoms. The van der Waals surface area contributed by atoms with Crippen molar-refractivity contribution in [3.05, 3.63) is 39.9 Å². The van der Waals surface area contributed by atoms with E-state index in [2.05, 4.69) is 22.2 Å². The van der Waals surface area contributed by atoms with Crippen LogP contribution in [0.3, 0.4) is 0 Å². The largest absolute Gasteiger partial charge is 0.378 e. The zero-order valence-electron chi connectivity index (χ0n) is 14.4. The predicted octanol–water partition coefficient (Wildman–Crippen LogP) is 3.26. The Labute approximate surface area is 146 Å². The van der Waals surface area contributed by atoms with E-state index in [0.717, 1.165) is 37.2 Å². The standard InChI is InChI=1S/C17H22N6O2/c1-11-3-5-13(6-4-11)19-17-20-15(18)14(23(24)25)16(21-17)22-9-7-12(2)8-10-22/h3-6,12H,7-10H2,1-2H3,(H3,18,19,20,21). The number of nitrogens with zero attached hydrogens (tertiary/aromatic N) is 4. The third-order valence-corrected chi connectivity index (χ3v) is 4.47. The van der Waals surface area contributed by atoms with Crippen molar-refractivity contribution in [2.75, 3.05) is 29.0 Å². The lowest BCUT2D eigenvalue weighted by molar-refractivity contribution is -0.383. The number of hydrogen-bond donors (Lipinski definition) is 2. The third kappa shape index (κ3) is 3.78. The predicted molar refractivity (Wildman–Crippen MR) is 98.2 cm³/mol. The molecular weight excluding hydrogens is 320 g/mol. The quantitative estimate of drug-likeness (QED) is 0.648. The molecule has 3 rings (SSSR count). The first kappa shape index (κ1) is 16.9. The molecule has 0 atom stereocenters. The molecule has 1 aliphatic rings. The van der Waals surface area contributed by atoms with E-state index >= 15 is 0 Å². The van der Waals surface area contributed by atoms with Gasteiger partial charge in [0.1, 0.15) is 0 Å². The number of benzene rings is 1. The van der Waals surface area contributed by atoms with Gasteiger partial charge in [0.15, 0.2) is 0 Å². The van der Waals surface area contributed by atoms with Gasteiger partial charge >= 0.3 is 5.69 Å². The van der Waals surface area contributed by atoms with E-state index < -0.39 is 4.92 Å². The highest BCUT2D eigenvalue weighted by molar-refractivity contribution is 5.72. The van der Waals surface area contributed by atoms with E-state index in [-0.39, 0.29) is 17.5 Å². The first-order valence-corrected chi connectivity index (χ1v) is 8.34. The maximum Gasteiger partial charge on any atom is 0.353 e. The number of hydrogen-bond acceptors (Lipinski definition) is 7. The molecule has 0 saturated carbocycles. The summed E-state index contributed by atoms with van der Waals surface area (Å²) in [7, 11) is 0. The Balaban J connectivity index is 1.95. The monoisotopic (exact) mass is 342 g/mol. The second-order valence-corrected chi connectivity index (χ2v) is 6.52. The second-order valence-electron chi connectivity index (χ2n) is 6.52. The Morgan fingerprint density at radius 2 is 1.88 bits per heavy atom. The highest BCUT2D eigenvalue weighted by atomic mass is 16.6. The highest BCUT2D eigenvalue weighted by Crippen LogP contribution is 2.34. The van der Waals surface area contributed by atoms with Crippen LogP contribution in [0.2, 0.25) is 0 Å². The van der Waals surface area contributed by atoms with Crippen LogP contribution in [0.15, 0.2) is 24.3 Å². The van der Waals surface area contributed by atoms with Gasteiger partial charge in [0.05, 0.1) is 4.92 Å². The number of piperidine rings is 1. The van der Waals surface area contributed by atoms with Crippen LogP contribution in [0.1, 0.15) is 25.3 Å². The third-order valence-electron chi connectivity index (χ3n) is 4.47. The number of nitrogens with one attached hydrogen (secondary N) is 1. The molecule has 1 fully saturated rings. The summed E-state index contributed by atoms with van der Waals surface area (Å²) >= 11 is 0. The van der Waals surface area contributed by atoms with Crippen LogP contribution < -0.4 is 16.0 Å². The molecule has 1 aromatic carbocycles. The molecule has 132 valence electrons. The van der Waals surface area contributed by atoms with Gasteiger partial charge in [-0.2, -0.15) is 9.97 Å². The summed E-state index contributed by atoms with van der Waals surface area (Å²) in [6.45, 7) is 5.63. The van der Waals surface area contributed by atoms with Crippen molar-refractivity contribution in [2.45, 2.75) is 26.7 Å². The zero-order valence-corrected chi connectivity index (χ0v) is 14.4. The van der Waals surface area contributed by atoms with Gasteiger partial charge < -0.3 is 16.0 Å². The lowest BCUT2D eigenvalue weighted by Gasteiger charge is -2.31. The van der Waals surface area contributed by atoms with Gasteiger partial charge in [0.25, 0.3) is 0 Å². The summed E-state index contributed by atoms with van der Waals surface area (Å²) in [6, 6.07) is 7.73. The molecule has 2 aromatic rings. The molecule has 0 aliphatic carbocycles. The number of nitro groups is 1. The number of aromatic nitrogens is 2. The van der Waals surface area contributed by atoms with Gasteiger partial charge in [0.2, 0.25) is 17.6 Å². The summed E-state index contributed by atoms with van der Waals surface area (Å²) in [6.07, 6.45) is 1.95. The SMILES string of the molecule is Cc1ccc(Nc2nc(N)c([N+](=O)[O-])c(N3CCC(C)CC3)n2)cc1. The Morgan fingerprint density at radius 1 is 1.24 bits per heavy atom. The molecular formula is C17H22N6O2. The van der Waals surface area contributed by atoms with Gasteiger partial charge in [0, 0.05) is 18.8 Å². The van der Waals surface area contributed by atoms with E-state index in [9.17, 15) is 10.1 Å². The van der Waals surface area contributed by atoms with Crippen LogP contribution in [0.25, 0.3) is 0 Å². The highest BCUT2D eigenvalue weighted by Gasteiger charge is 2.29. The number of anilines is 4. The molecule has 0 radical (unpaired) electrons. The normalized spacial score (nSPS) is 15.2. The molecule has 1 aromatic heterocycles. The number of rotatable bonds is 4. The van der Waals surface area contributed by atoms with Crippen LogP contribution in [-0.2, 0) is 0 Å². The van der Waals surface area contributed by atoms with Crippen molar-refractivity contribution in [1.82, 2.24) is 9.97 Å². The summed E-state index contributed by atoms with van der Waals surface area (Å²) < 4.78 is 0. The van der Waals surface area contributed by atoms with Crippen LogP contribution in [-0.4, -0.2) is 28.0 Å². The van der Waals surface area contributed by atoms with E-state index in [0.29, 0.717) is 11.7 Å². The fourth-order valence-corrected chi connectivity index (χ4v) is 2.90. The van der Waals surface area contributed by atoms with E-state index in [1.165, 1.54) is 0 Å². The summed E-state index contributed by atoms with van der Waals surface area (Å²) in [5.41, 5.74) is 7.60. The Morgan fingerprint density at radius 3 is 2.48 bits per heavy atom. The average Bonchev–Trinajstić information content (AvgIpc) is 2.57. The fourth-order valence-electron chi connectivity index (χ4n) is 2.90. The van der Waals surface area contributed by atoms with Crippen molar-refractivity contribution in [1.29, 1.82) is 0 Å². The van der Waals surface area contributed by atoms with Crippen molar-refractivity contribution in [3.8, 4) is 0 Å². The Hall–Kier alpha value is -2.90. The molecule has 0 bridgehead atoms. The van der Waals surface area contributed by atoms with Crippen LogP contribution in [0.5, 0.6) is 0 Å². The lowest BCUT2D eigenvalue weighted by Crippen LogP contribution is -2.34. The van der Waals surface area contributed by atoms with E-state index in [4.69, 9.17) is 5.73 Å². The van der Waals surface area contributed by atoms with Crippen LogP contribution >= 0.6 is 0 Å². The van der Waals surface area contributed by atoms with Gasteiger partial charge in [-0.15, -0.1) is 0 Å². The summed E-state index contributed by atoms with van der Waals surface area (Å²) in [5.74, 6) is 1.04. The second kappa shape index (κ2) is 6.92. The fraction of sp³-hybridized carbons (Fsp3) is 0.412. The van der Waals surface area contributed by atoms with Crippen molar-refractivity contribution < 1.29 is 4.92 Å². The van der Waals surface area contributed by atoms with Gasteiger partial charge in [-0.05, 0) is 37.8 Å². The van der Waals surface area contributed by atoms with E-state index in [1.807, 2.05) is 36.1 Å². The Bertz CT molecular complexity index is 769. The minimum Gasteiger partial charge on any atom is -0.378 e. The smallest absolute Gasteiger partial charge is 0.353 e. The number of aryl methyl sites for hydroxylation is 1. The number of nitrogen functional groups attached to an aromatic ring is 1. The first-order chi connectivity index (χ1) is 11.9. The topological polar surface area (TPSA) is 110 Å². The molecule has 0 unspecified atom stereocenters. The van der Waals surface area contributed by atoms with Gasteiger partial charge in [-0.3, -0.25) is 10.1 Å². The average molecular weight is 342 g/mol. The summed E-state index contributed by atoms with van der Waals surface area (Å²) in [4.78, 5) is 21.4. The molecule has 0 amide bonds. The molecule has 1 saturated heterocycles. The minimum atomic E-state index is -0.502. The molecule has 8 heteroatoms. The van der Waals surface area contributed by atoms with Gasteiger partial charge in [-0.1, -0.05) is 24.6 Å². The first-order valence-electron chi connectivity index (χ1n) is 8.34. The molecule has 1 aliphatic heterocycles. The molecule has 2 heterocycles. The lowest BCUT2D eigenvalue weighted by atomic mass is 9.99. The van der Waals surface area contributed by atoms with Crippen LogP contribution in [0.4, 0.5) is 29.0 Å². The molecule has 3 N–H and O–H groups in total. The van der Waals surface area contributed by atoms with Crippen molar-refractivity contribution in [3.63, 3.8) is 0 Å². The zero-order chi connectivity index (χ0) is 18.0. The summed E-state index contributed by atoms with van der Waals surface area (Å²) in [5, 5.41) is 14.5. The molecule has 8 nitrogen and oxygen atoms in total. The van der Waals surface area contributed by atoms with Gasteiger partial charge in [-0.25, -0.2) is 0 Å². The van der Waals surface area contributed by atoms with Crippen LogP contribution in [0, 0.1) is 23.0 Å². The Kier molecular flexibility index (Phi) is 4.69. The van der Waals surface area contributed by atoms with Crippen molar-refractivity contribution in [2.24, 2.45) is 5.92 Å². The number of nitrogens with two attached hydrogens (primary N) is 1. The maximum atomic E-state index is 11.5. The molecule has 0 spiro atoms.